The van der Waals surface area contributed by atoms with Crippen molar-refractivity contribution in [1.82, 2.24) is 0 Å². The molecule has 0 aliphatic heterocycles. The third-order valence-electron chi connectivity index (χ3n) is 2.53. The van der Waals surface area contributed by atoms with Crippen LogP contribution in [0.4, 0.5) is 0 Å². The van der Waals surface area contributed by atoms with Crippen LogP contribution in [0.1, 0.15) is 29.8 Å². The number of carbonyl (C=O) groups excluding carboxylic acids is 3. The van der Waals surface area contributed by atoms with Crippen molar-refractivity contribution in [3.05, 3.63) is 35.4 Å². The van der Waals surface area contributed by atoms with Crippen LogP contribution < -0.4 is 0 Å². The molecule has 0 saturated heterocycles. The van der Waals surface area contributed by atoms with Crippen LogP contribution in [0.15, 0.2) is 24.3 Å². The van der Waals surface area contributed by atoms with E-state index in [4.69, 9.17) is 4.74 Å². The van der Waals surface area contributed by atoms with Gasteiger partial charge in [-0.2, -0.15) is 0 Å². The van der Waals surface area contributed by atoms with Crippen LogP contribution >= 0.6 is 0 Å². The van der Waals surface area contributed by atoms with Crippen molar-refractivity contribution in [2.45, 2.75) is 20.8 Å². The summed E-state index contributed by atoms with van der Waals surface area (Å²) >= 11 is 0. The molecule has 0 N–H and O–H groups in total. The fourth-order valence-electron chi connectivity index (χ4n) is 1.57. The van der Waals surface area contributed by atoms with Gasteiger partial charge in [0.1, 0.15) is 0 Å². The molecule has 0 aromatic heterocycles. The zero-order valence-corrected chi connectivity index (χ0v) is 10.7. The summed E-state index contributed by atoms with van der Waals surface area (Å²) in [6.45, 7) is 4.88. The number of Topliss-reactive ketones (excluding diaryl/α,β-unsaturated/α-hetero) is 2. The highest BCUT2D eigenvalue weighted by atomic mass is 16.5. The van der Waals surface area contributed by atoms with Crippen LogP contribution in [-0.4, -0.2) is 24.1 Å². The van der Waals surface area contributed by atoms with E-state index in [0.29, 0.717) is 5.56 Å². The molecule has 1 rings (SSSR count). The van der Waals surface area contributed by atoms with Crippen molar-refractivity contribution in [3.8, 4) is 0 Å². The number of esters is 1. The molecule has 0 radical (unpaired) electrons. The van der Waals surface area contributed by atoms with Crippen molar-refractivity contribution in [2.24, 2.45) is 5.92 Å². The van der Waals surface area contributed by atoms with Gasteiger partial charge in [0.25, 0.3) is 0 Å². The van der Waals surface area contributed by atoms with Gasteiger partial charge in [0, 0.05) is 5.56 Å². The molecule has 1 aromatic carbocycles. The maximum absolute atomic E-state index is 12.1. The summed E-state index contributed by atoms with van der Waals surface area (Å²) in [7, 11) is 0. The minimum absolute atomic E-state index is 0.143. The largest absolute Gasteiger partial charge is 0.465 e. The molecule has 96 valence electrons. The zero-order chi connectivity index (χ0) is 13.7. The Kier molecular flexibility index (Phi) is 4.77. The normalized spacial score (nSPS) is 11.7. The van der Waals surface area contributed by atoms with Crippen molar-refractivity contribution < 1.29 is 19.1 Å². The smallest absolute Gasteiger partial charge is 0.324 e. The summed E-state index contributed by atoms with van der Waals surface area (Å²) in [4.78, 5) is 35.1. The van der Waals surface area contributed by atoms with Gasteiger partial charge in [0.15, 0.2) is 17.5 Å². The molecule has 0 spiro atoms. The van der Waals surface area contributed by atoms with Crippen LogP contribution in [-0.2, 0) is 14.3 Å². The average Bonchev–Trinajstić information content (AvgIpc) is 2.29. The Hall–Kier alpha value is -1.97. The van der Waals surface area contributed by atoms with Gasteiger partial charge in [-0.1, -0.05) is 29.8 Å². The van der Waals surface area contributed by atoms with E-state index in [1.54, 1.807) is 31.2 Å². The van der Waals surface area contributed by atoms with Crippen molar-refractivity contribution in [3.63, 3.8) is 0 Å². The topological polar surface area (TPSA) is 60.4 Å². The van der Waals surface area contributed by atoms with Crippen LogP contribution in [0.25, 0.3) is 0 Å². The molecule has 4 nitrogen and oxygen atoms in total. The number of ether oxygens (including phenoxy) is 1. The summed E-state index contributed by atoms with van der Waals surface area (Å²) in [5, 5.41) is 0. The predicted molar refractivity (Wildman–Crippen MR) is 66.3 cm³/mol. The van der Waals surface area contributed by atoms with Crippen LogP contribution in [0.3, 0.4) is 0 Å². The second-order valence-corrected chi connectivity index (χ2v) is 4.03. The molecule has 0 amide bonds. The third kappa shape index (κ3) is 3.26. The minimum Gasteiger partial charge on any atom is -0.465 e. The number of rotatable bonds is 5. The first-order valence-electron chi connectivity index (χ1n) is 5.75. The van der Waals surface area contributed by atoms with E-state index < -0.39 is 23.5 Å². The summed E-state index contributed by atoms with van der Waals surface area (Å²) in [6, 6.07) is 6.73. The first-order chi connectivity index (χ1) is 8.47. The van der Waals surface area contributed by atoms with Crippen LogP contribution in [0.5, 0.6) is 0 Å². The number of benzene rings is 1. The fourth-order valence-corrected chi connectivity index (χ4v) is 1.57. The highest BCUT2D eigenvalue weighted by Crippen LogP contribution is 2.13. The van der Waals surface area contributed by atoms with Gasteiger partial charge >= 0.3 is 5.97 Å². The Morgan fingerprint density at radius 3 is 2.17 bits per heavy atom. The molecule has 0 aliphatic carbocycles. The first kappa shape index (κ1) is 14.1. The molecule has 1 unspecified atom stereocenters. The second kappa shape index (κ2) is 6.10. The Labute approximate surface area is 106 Å². The molecule has 0 aliphatic rings. The van der Waals surface area contributed by atoms with E-state index in [-0.39, 0.29) is 6.61 Å². The van der Waals surface area contributed by atoms with E-state index in [0.717, 1.165) is 5.56 Å². The standard InChI is InChI=1S/C14H16O4/c1-4-18-14(17)12(10(3)15)13(16)11-7-5-9(2)6-8-11/h5-8,12H,4H2,1-3H3. The van der Waals surface area contributed by atoms with Gasteiger partial charge in [0.2, 0.25) is 0 Å². The molecule has 0 saturated carbocycles. The highest BCUT2D eigenvalue weighted by molar-refractivity contribution is 6.22. The maximum atomic E-state index is 12.1. The summed E-state index contributed by atoms with van der Waals surface area (Å²) in [5.41, 5.74) is 1.34. The lowest BCUT2D eigenvalue weighted by Gasteiger charge is -2.11. The van der Waals surface area contributed by atoms with Gasteiger partial charge in [0.05, 0.1) is 6.61 Å². The molecule has 4 heteroatoms. The lowest BCUT2D eigenvalue weighted by Crippen LogP contribution is -2.32. The molecule has 1 aromatic rings. The predicted octanol–water partition coefficient (Wildman–Crippen LogP) is 1.95. The van der Waals surface area contributed by atoms with Gasteiger partial charge in [-0.25, -0.2) is 0 Å². The Morgan fingerprint density at radius 1 is 1.17 bits per heavy atom. The van der Waals surface area contributed by atoms with Crippen molar-refractivity contribution in [2.75, 3.05) is 6.61 Å². The monoisotopic (exact) mass is 248 g/mol. The molecular weight excluding hydrogens is 232 g/mol. The average molecular weight is 248 g/mol. The summed E-state index contributed by atoms with van der Waals surface area (Å²) in [5.74, 6) is -3.15. The number of ketones is 2. The minimum atomic E-state index is -1.35. The molecule has 18 heavy (non-hydrogen) atoms. The number of hydrogen-bond acceptors (Lipinski definition) is 4. The molecule has 1 atom stereocenters. The molecule has 0 fully saturated rings. The Morgan fingerprint density at radius 2 is 1.72 bits per heavy atom. The van der Waals surface area contributed by atoms with Gasteiger partial charge in [-0.15, -0.1) is 0 Å². The molecular formula is C14H16O4. The maximum Gasteiger partial charge on any atom is 0.324 e. The third-order valence-corrected chi connectivity index (χ3v) is 2.53. The first-order valence-corrected chi connectivity index (χ1v) is 5.75. The molecule has 0 bridgehead atoms. The van der Waals surface area contributed by atoms with Crippen LogP contribution in [0, 0.1) is 12.8 Å². The van der Waals surface area contributed by atoms with Gasteiger partial charge in [-0.3, -0.25) is 14.4 Å². The number of hydrogen-bond donors (Lipinski definition) is 0. The van der Waals surface area contributed by atoms with Gasteiger partial charge < -0.3 is 4.74 Å². The van der Waals surface area contributed by atoms with Crippen molar-refractivity contribution in [1.29, 1.82) is 0 Å². The zero-order valence-electron chi connectivity index (χ0n) is 10.7. The Balaban J connectivity index is 3.00. The molecule has 0 heterocycles. The van der Waals surface area contributed by atoms with Gasteiger partial charge in [-0.05, 0) is 20.8 Å². The lowest BCUT2D eigenvalue weighted by atomic mass is 9.94. The fraction of sp³-hybridized carbons (Fsp3) is 0.357. The highest BCUT2D eigenvalue weighted by Gasteiger charge is 2.33. The van der Waals surface area contributed by atoms with E-state index >= 15 is 0 Å². The SMILES string of the molecule is CCOC(=O)C(C(C)=O)C(=O)c1ccc(C)cc1. The van der Waals surface area contributed by atoms with E-state index in [1.165, 1.54) is 6.92 Å². The van der Waals surface area contributed by atoms with Crippen LogP contribution in [0.2, 0.25) is 0 Å². The van der Waals surface area contributed by atoms with E-state index in [2.05, 4.69) is 0 Å². The second-order valence-electron chi connectivity index (χ2n) is 4.03. The van der Waals surface area contributed by atoms with E-state index in [1.807, 2.05) is 6.92 Å². The quantitative estimate of drug-likeness (QED) is 0.454. The van der Waals surface area contributed by atoms with Crippen molar-refractivity contribution >= 4 is 17.5 Å². The Bertz CT molecular complexity index is 459. The summed E-state index contributed by atoms with van der Waals surface area (Å²) < 4.78 is 4.75. The number of carbonyl (C=O) groups is 3. The number of aryl methyl sites for hydroxylation is 1. The lowest BCUT2D eigenvalue weighted by molar-refractivity contribution is -0.148. The van der Waals surface area contributed by atoms with E-state index in [9.17, 15) is 14.4 Å². The summed E-state index contributed by atoms with van der Waals surface area (Å²) in [6.07, 6.45) is 0.